The van der Waals surface area contributed by atoms with E-state index in [-0.39, 0.29) is 0 Å². The highest BCUT2D eigenvalue weighted by Gasteiger charge is 2.19. The van der Waals surface area contributed by atoms with Crippen LogP contribution in [-0.4, -0.2) is 19.5 Å². The quantitative estimate of drug-likeness (QED) is 0.229. The first-order chi connectivity index (χ1) is 19.3. The normalized spacial score (nSPS) is 11.6. The van der Waals surface area contributed by atoms with Crippen LogP contribution >= 0.6 is 0 Å². The first-order valence-electron chi connectivity index (χ1n) is 13.1. The van der Waals surface area contributed by atoms with Gasteiger partial charge in [0.1, 0.15) is 0 Å². The largest absolute Gasteiger partial charge is 0.278 e. The van der Waals surface area contributed by atoms with Gasteiger partial charge < -0.3 is 0 Å². The van der Waals surface area contributed by atoms with Crippen LogP contribution in [0.3, 0.4) is 0 Å². The molecule has 4 nitrogen and oxygen atoms in total. The summed E-state index contributed by atoms with van der Waals surface area (Å²) >= 11 is 0. The lowest BCUT2D eigenvalue weighted by Crippen LogP contribution is -2.06. The Bertz CT molecular complexity index is 2110. The summed E-state index contributed by atoms with van der Waals surface area (Å²) in [6.07, 6.45) is 0. The third-order valence-electron chi connectivity index (χ3n) is 7.41. The Hall–Kier alpha value is -5.35. The number of aromatic nitrogens is 4. The van der Waals surface area contributed by atoms with Crippen molar-refractivity contribution in [2.75, 3.05) is 0 Å². The van der Waals surface area contributed by atoms with E-state index in [1.165, 1.54) is 32.3 Å². The van der Waals surface area contributed by atoms with Gasteiger partial charge in [-0.15, -0.1) is 0 Å². The van der Waals surface area contributed by atoms with Crippen molar-refractivity contribution in [2.24, 2.45) is 0 Å². The van der Waals surface area contributed by atoms with E-state index in [9.17, 15) is 0 Å². The average molecular weight is 499 g/mol. The predicted octanol–water partition coefficient (Wildman–Crippen LogP) is 8.61. The van der Waals surface area contributed by atoms with E-state index in [2.05, 4.69) is 77.4 Å². The molecule has 0 aliphatic carbocycles. The molecule has 0 atom stereocenters. The minimum absolute atomic E-state index is 0.606. The summed E-state index contributed by atoms with van der Waals surface area (Å²) < 4.78 is 2.18. The molecule has 4 heteroatoms. The Labute approximate surface area is 224 Å². The van der Waals surface area contributed by atoms with Gasteiger partial charge in [-0.05, 0) is 45.8 Å². The maximum absolute atomic E-state index is 5.04. The summed E-state index contributed by atoms with van der Waals surface area (Å²) in [5.74, 6) is 1.91. The Morgan fingerprint density at radius 1 is 0.410 bits per heavy atom. The van der Waals surface area contributed by atoms with E-state index >= 15 is 0 Å². The van der Waals surface area contributed by atoms with E-state index in [1.807, 2.05) is 60.7 Å². The second-order valence-electron chi connectivity index (χ2n) is 9.75. The van der Waals surface area contributed by atoms with E-state index in [4.69, 9.17) is 15.0 Å². The van der Waals surface area contributed by atoms with Crippen molar-refractivity contribution in [1.82, 2.24) is 19.5 Å². The minimum atomic E-state index is 0.606. The number of hydrogen-bond donors (Lipinski definition) is 0. The SMILES string of the molecule is c1ccc(-c2nc(-c3ccccc3)nc(-n3c4ccccc4c4c5cc6ccccc6cc5ccc43)n2)cc1. The third-order valence-corrected chi connectivity index (χ3v) is 7.41. The molecule has 8 aromatic rings. The lowest BCUT2D eigenvalue weighted by molar-refractivity contribution is 0.953. The second kappa shape index (κ2) is 8.61. The number of nitrogens with zero attached hydrogens (tertiary/aromatic N) is 4. The zero-order chi connectivity index (χ0) is 25.8. The van der Waals surface area contributed by atoms with Crippen LogP contribution < -0.4 is 0 Å². The van der Waals surface area contributed by atoms with Crippen molar-refractivity contribution in [3.63, 3.8) is 0 Å². The van der Waals surface area contributed by atoms with Crippen molar-refractivity contribution < 1.29 is 0 Å². The smallest absolute Gasteiger partial charge is 0.238 e. The monoisotopic (exact) mass is 498 g/mol. The average Bonchev–Trinajstić information content (AvgIpc) is 3.35. The summed E-state index contributed by atoms with van der Waals surface area (Å²) in [5, 5.41) is 7.29. The molecule has 39 heavy (non-hydrogen) atoms. The van der Waals surface area contributed by atoms with Gasteiger partial charge in [0.05, 0.1) is 11.0 Å². The van der Waals surface area contributed by atoms with Crippen LogP contribution in [0.1, 0.15) is 0 Å². The van der Waals surface area contributed by atoms with Crippen LogP contribution in [0.5, 0.6) is 0 Å². The van der Waals surface area contributed by atoms with Crippen LogP contribution in [0, 0.1) is 0 Å². The highest BCUT2D eigenvalue weighted by atomic mass is 15.2. The number of para-hydroxylation sites is 1. The molecule has 0 aliphatic heterocycles. The highest BCUT2D eigenvalue weighted by Crippen LogP contribution is 2.38. The van der Waals surface area contributed by atoms with E-state index in [1.54, 1.807) is 0 Å². The van der Waals surface area contributed by atoms with Gasteiger partial charge in [-0.25, -0.2) is 4.98 Å². The summed E-state index contributed by atoms with van der Waals surface area (Å²) in [7, 11) is 0. The van der Waals surface area contributed by atoms with Crippen LogP contribution in [0.25, 0.3) is 72.1 Å². The Morgan fingerprint density at radius 2 is 1.00 bits per heavy atom. The van der Waals surface area contributed by atoms with E-state index < -0.39 is 0 Å². The molecule has 6 aromatic carbocycles. The predicted molar refractivity (Wildman–Crippen MR) is 160 cm³/mol. The van der Waals surface area contributed by atoms with E-state index in [0.29, 0.717) is 17.6 Å². The van der Waals surface area contributed by atoms with Gasteiger partial charge >= 0.3 is 0 Å². The van der Waals surface area contributed by atoms with Crippen molar-refractivity contribution in [3.05, 3.63) is 133 Å². The van der Waals surface area contributed by atoms with Crippen molar-refractivity contribution in [1.29, 1.82) is 0 Å². The number of rotatable bonds is 3. The third kappa shape index (κ3) is 3.50. The molecule has 0 spiro atoms. The van der Waals surface area contributed by atoms with Crippen LogP contribution in [0.2, 0.25) is 0 Å². The maximum Gasteiger partial charge on any atom is 0.238 e. The standard InChI is InChI=1S/C35H22N4/c1-3-11-23(12-4-1)33-36-34(24-13-5-2-6-14-24)38-35(37-33)39-30-18-10-9-17-28(30)32-29-22-26-16-8-7-15-25(26)21-27(29)19-20-31(32)39/h1-22H. The first kappa shape index (κ1) is 21.7. The topological polar surface area (TPSA) is 43.6 Å². The van der Waals surface area contributed by atoms with E-state index in [0.717, 1.165) is 22.2 Å². The second-order valence-corrected chi connectivity index (χ2v) is 9.75. The molecule has 0 amide bonds. The lowest BCUT2D eigenvalue weighted by Gasteiger charge is -2.11. The number of fused-ring (bicyclic) bond motifs is 6. The van der Waals surface area contributed by atoms with Gasteiger partial charge in [0, 0.05) is 21.9 Å². The van der Waals surface area contributed by atoms with Gasteiger partial charge in [0.25, 0.3) is 0 Å². The molecule has 0 unspecified atom stereocenters. The fourth-order valence-electron chi connectivity index (χ4n) is 5.59. The van der Waals surface area contributed by atoms with Gasteiger partial charge in [0.2, 0.25) is 5.95 Å². The molecule has 8 rings (SSSR count). The van der Waals surface area contributed by atoms with Gasteiger partial charge in [-0.2, -0.15) is 9.97 Å². The van der Waals surface area contributed by atoms with Crippen molar-refractivity contribution in [2.45, 2.75) is 0 Å². The molecular formula is C35H22N4. The fraction of sp³-hybridized carbons (Fsp3) is 0. The summed E-state index contributed by atoms with van der Waals surface area (Å²) in [4.78, 5) is 15.0. The Kier molecular flexibility index (Phi) is 4.79. The van der Waals surface area contributed by atoms with Crippen LogP contribution in [-0.2, 0) is 0 Å². The molecule has 0 aliphatic rings. The van der Waals surface area contributed by atoms with Crippen molar-refractivity contribution >= 4 is 43.4 Å². The number of benzene rings is 6. The number of hydrogen-bond acceptors (Lipinski definition) is 3. The molecule has 2 heterocycles. The van der Waals surface area contributed by atoms with Crippen molar-refractivity contribution in [3.8, 4) is 28.7 Å². The summed E-state index contributed by atoms with van der Waals surface area (Å²) in [6, 6.07) is 46.3. The molecule has 0 fully saturated rings. The molecule has 0 bridgehead atoms. The first-order valence-corrected chi connectivity index (χ1v) is 13.1. The van der Waals surface area contributed by atoms with Gasteiger partial charge in [-0.1, -0.05) is 109 Å². The molecular weight excluding hydrogens is 476 g/mol. The highest BCUT2D eigenvalue weighted by molar-refractivity contribution is 6.23. The Morgan fingerprint density at radius 3 is 1.69 bits per heavy atom. The molecule has 0 N–H and O–H groups in total. The molecule has 0 radical (unpaired) electrons. The minimum Gasteiger partial charge on any atom is -0.278 e. The van der Waals surface area contributed by atoms with Crippen LogP contribution in [0.4, 0.5) is 0 Å². The molecule has 182 valence electrons. The molecule has 0 saturated carbocycles. The van der Waals surface area contributed by atoms with Gasteiger partial charge in [0.15, 0.2) is 11.6 Å². The van der Waals surface area contributed by atoms with Crippen LogP contribution in [0.15, 0.2) is 133 Å². The molecule has 2 aromatic heterocycles. The zero-order valence-electron chi connectivity index (χ0n) is 21.0. The Balaban J connectivity index is 1.48. The summed E-state index contributed by atoms with van der Waals surface area (Å²) in [6.45, 7) is 0. The summed E-state index contributed by atoms with van der Waals surface area (Å²) in [5.41, 5.74) is 4.05. The lowest BCUT2D eigenvalue weighted by atomic mass is 9.99. The molecule has 0 saturated heterocycles. The fourth-order valence-corrected chi connectivity index (χ4v) is 5.59. The zero-order valence-corrected chi connectivity index (χ0v) is 21.0. The maximum atomic E-state index is 5.04. The van der Waals surface area contributed by atoms with Gasteiger partial charge in [-0.3, -0.25) is 4.57 Å².